The van der Waals surface area contributed by atoms with Crippen LogP contribution >= 0.6 is 7.82 Å². The van der Waals surface area contributed by atoms with Crippen molar-refractivity contribution in [3.8, 4) is 0 Å². The van der Waals surface area contributed by atoms with Crippen LogP contribution in [-0.2, 0) is 9.09 Å². The Morgan fingerprint density at radius 3 is 1.50 bits per heavy atom. The summed E-state index contributed by atoms with van der Waals surface area (Å²) in [5.74, 6) is 0. The number of allylic oxidation sites excluding steroid dienone is 2. The zero-order valence-corrected chi connectivity index (χ0v) is 24.1. The van der Waals surface area contributed by atoms with Crippen molar-refractivity contribution < 1.29 is 23.4 Å². The zero-order chi connectivity index (χ0) is 25.5. The van der Waals surface area contributed by atoms with E-state index in [1.807, 2.05) is 0 Å². The highest BCUT2D eigenvalue weighted by Crippen LogP contribution is 2.39. The Hall–Kier alpha value is -0.190. The number of hydrogen-bond donors (Lipinski definition) is 2. The molecule has 5 nitrogen and oxygen atoms in total. The predicted molar refractivity (Wildman–Crippen MR) is 147 cm³/mol. The first kappa shape index (κ1) is 33.8. The lowest BCUT2D eigenvalue weighted by Gasteiger charge is -2.26. The molecule has 6 heteroatoms. The molecule has 0 aromatic rings. The van der Waals surface area contributed by atoms with Crippen LogP contribution in [0.5, 0.6) is 0 Å². The van der Waals surface area contributed by atoms with Crippen LogP contribution < -0.4 is 0 Å². The highest BCUT2D eigenvalue weighted by Gasteiger charge is 2.23. The van der Waals surface area contributed by atoms with Crippen molar-refractivity contribution in [1.29, 1.82) is 0 Å². The number of nitrogens with zero attached hydrogens (tertiary/aromatic N) is 1. The topological polar surface area (TPSA) is 66.8 Å². The lowest BCUT2D eigenvalue weighted by atomic mass is 10.0. The van der Waals surface area contributed by atoms with Gasteiger partial charge in [0.2, 0.25) is 0 Å². The highest BCUT2D eigenvalue weighted by atomic mass is 31.2. The molecular formula is C28H59NO4P+. The highest BCUT2D eigenvalue weighted by molar-refractivity contribution is 7.46. The molecule has 0 saturated carbocycles. The number of phosphoric acid groups is 1. The van der Waals surface area contributed by atoms with E-state index < -0.39 is 7.82 Å². The van der Waals surface area contributed by atoms with Crippen molar-refractivity contribution in [2.75, 3.05) is 27.7 Å². The molecule has 2 N–H and O–H groups in total. The summed E-state index contributed by atoms with van der Waals surface area (Å²) in [5.41, 5.74) is 0. The summed E-state index contributed by atoms with van der Waals surface area (Å²) in [4.78, 5) is 18.3. The van der Waals surface area contributed by atoms with Crippen LogP contribution in [0.25, 0.3) is 0 Å². The minimum absolute atomic E-state index is 0.344. The number of unbranched alkanes of at least 4 members (excludes halogenated alkanes) is 16. The summed E-state index contributed by atoms with van der Waals surface area (Å²) in [6, 6.07) is 0. The summed E-state index contributed by atoms with van der Waals surface area (Å²) < 4.78 is 17.0. The van der Waals surface area contributed by atoms with Gasteiger partial charge in [-0.25, -0.2) is 4.57 Å². The predicted octanol–water partition coefficient (Wildman–Crippen LogP) is 8.55. The van der Waals surface area contributed by atoms with Crippen LogP contribution in [0, 0.1) is 0 Å². The monoisotopic (exact) mass is 504 g/mol. The largest absolute Gasteiger partial charge is 0.469 e. The number of phosphoric ester groups is 1. The van der Waals surface area contributed by atoms with E-state index >= 15 is 0 Å². The Kier molecular flexibility index (Phi) is 21.9. The van der Waals surface area contributed by atoms with Gasteiger partial charge >= 0.3 is 7.82 Å². The van der Waals surface area contributed by atoms with Gasteiger partial charge in [0.15, 0.2) is 0 Å². The molecule has 0 aromatic heterocycles. The molecule has 0 rings (SSSR count). The van der Waals surface area contributed by atoms with Crippen molar-refractivity contribution in [2.45, 2.75) is 141 Å². The lowest BCUT2D eigenvalue weighted by molar-refractivity contribution is -0.870. The van der Waals surface area contributed by atoms with Crippen molar-refractivity contribution in [3.63, 3.8) is 0 Å². The molecule has 0 radical (unpaired) electrons. The quantitative estimate of drug-likeness (QED) is 0.0565. The normalized spacial score (nSPS) is 13.7. The smallest absolute Gasteiger partial charge is 0.331 e. The van der Waals surface area contributed by atoms with Gasteiger partial charge in [-0.3, -0.25) is 4.52 Å². The van der Waals surface area contributed by atoms with Gasteiger partial charge in [0, 0.05) is 6.42 Å². The summed E-state index contributed by atoms with van der Waals surface area (Å²) in [6.07, 6.45) is 29.3. The summed E-state index contributed by atoms with van der Waals surface area (Å²) >= 11 is 0. The summed E-state index contributed by atoms with van der Waals surface area (Å²) in [7, 11) is 1.85. The van der Waals surface area contributed by atoms with Crippen molar-refractivity contribution in [2.24, 2.45) is 0 Å². The van der Waals surface area contributed by atoms with Gasteiger partial charge in [-0.15, -0.1) is 0 Å². The zero-order valence-electron chi connectivity index (χ0n) is 23.2. The second-order valence-electron chi connectivity index (χ2n) is 11.2. The van der Waals surface area contributed by atoms with E-state index in [1.54, 1.807) is 0 Å². The molecule has 0 heterocycles. The van der Waals surface area contributed by atoms with E-state index in [2.05, 4.69) is 40.2 Å². The minimum Gasteiger partial charge on any atom is -0.331 e. The lowest BCUT2D eigenvalue weighted by Crippen LogP contribution is -2.37. The molecule has 0 aliphatic heterocycles. The summed E-state index contributed by atoms with van der Waals surface area (Å²) in [6.45, 7) is 3.12. The van der Waals surface area contributed by atoms with Crippen LogP contribution in [0.1, 0.15) is 135 Å². The maximum Gasteiger partial charge on any atom is 0.469 e. The fourth-order valence-electron chi connectivity index (χ4n) is 4.30. The number of rotatable bonds is 25. The Bertz CT molecular complexity index is 513. The minimum atomic E-state index is -4.41. The average molecular weight is 505 g/mol. The number of quaternary nitrogens is 1. The fourth-order valence-corrected chi connectivity index (χ4v) is 4.90. The Labute approximate surface area is 212 Å². The third-order valence-electron chi connectivity index (χ3n) is 6.45. The Morgan fingerprint density at radius 1 is 0.676 bits per heavy atom. The van der Waals surface area contributed by atoms with Crippen molar-refractivity contribution in [1.82, 2.24) is 0 Å². The molecule has 1 atom stereocenters. The molecule has 1 unspecified atom stereocenters. The molecule has 0 bridgehead atoms. The van der Waals surface area contributed by atoms with Crippen LogP contribution in [-0.4, -0.2) is 48.1 Å². The average Bonchev–Trinajstić information content (AvgIpc) is 2.74. The molecule has 0 aliphatic rings. The Morgan fingerprint density at radius 2 is 1.09 bits per heavy atom. The molecule has 0 saturated heterocycles. The van der Waals surface area contributed by atoms with E-state index in [9.17, 15) is 4.57 Å². The van der Waals surface area contributed by atoms with Crippen molar-refractivity contribution >= 4 is 7.82 Å². The fraction of sp³-hybridized carbons (Fsp3) is 0.929. The molecule has 0 spiro atoms. The second-order valence-corrected chi connectivity index (χ2v) is 12.4. The van der Waals surface area contributed by atoms with Gasteiger partial charge in [-0.1, -0.05) is 109 Å². The van der Waals surface area contributed by atoms with Gasteiger partial charge in [0.05, 0.1) is 33.8 Å². The molecule has 204 valence electrons. The summed E-state index contributed by atoms with van der Waals surface area (Å²) in [5, 5.41) is 0. The van der Waals surface area contributed by atoms with E-state index in [0.717, 1.165) is 30.3 Å². The van der Waals surface area contributed by atoms with E-state index in [4.69, 9.17) is 14.3 Å². The van der Waals surface area contributed by atoms with Gasteiger partial charge in [-0.05, 0) is 32.1 Å². The van der Waals surface area contributed by atoms with Crippen LogP contribution in [0.15, 0.2) is 12.2 Å². The Balaban J connectivity index is 3.51. The first-order valence-corrected chi connectivity index (χ1v) is 15.9. The second kappa shape index (κ2) is 22.0. The van der Waals surface area contributed by atoms with Crippen LogP contribution in [0.4, 0.5) is 0 Å². The van der Waals surface area contributed by atoms with E-state index in [-0.39, 0.29) is 6.10 Å². The third-order valence-corrected chi connectivity index (χ3v) is 7.02. The van der Waals surface area contributed by atoms with Crippen LogP contribution in [0.2, 0.25) is 0 Å². The van der Waals surface area contributed by atoms with Gasteiger partial charge < -0.3 is 14.3 Å². The van der Waals surface area contributed by atoms with Gasteiger partial charge in [0.25, 0.3) is 0 Å². The SMILES string of the molecule is CCCCCCCCC=CCCCCCCCCCCCCC(CC[N+](C)(C)C)OP(=O)(O)O. The first-order valence-electron chi connectivity index (χ1n) is 14.3. The number of hydrogen-bond acceptors (Lipinski definition) is 2. The molecule has 34 heavy (non-hydrogen) atoms. The molecular weight excluding hydrogens is 445 g/mol. The van der Waals surface area contributed by atoms with E-state index in [0.29, 0.717) is 6.42 Å². The van der Waals surface area contributed by atoms with Crippen LogP contribution in [0.3, 0.4) is 0 Å². The third kappa shape index (κ3) is 28.1. The van der Waals surface area contributed by atoms with E-state index in [1.165, 1.54) is 103 Å². The molecule has 0 aromatic carbocycles. The molecule has 0 amide bonds. The first-order chi connectivity index (χ1) is 16.1. The maximum atomic E-state index is 11.2. The van der Waals surface area contributed by atoms with Crippen molar-refractivity contribution in [3.05, 3.63) is 12.2 Å². The van der Waals surface area contributed by atoms with Gasteiger partial charge in [-0.2, -0.15) is 0 Å². The standard InChI is InChI=1S/C28H58NO4P/c1-5-6-7-8-9-10-11-12-13-14-15-16-17-18-19-20-21-22-23-24-25-28(33-34(30,31)32)26-27-29(2,3)4/h12-13,28H,5-11,14-27H2,1-4H3,(H-,30,31,32)/p+1. The molecule has 0 fully saturated rings. The van der Waals surface area contributed by atoms with Gasteiger partial charge in [0.1, 0.15) is 0 Å². The maximum absolute atomic E-state index is 11.2. The molecule has 0 aliphatic carbocycles.